The molecule has 4 rings (SSSR count). The van der Waals surface area contributed by atoms with E-state index >= 15 is 0 Å². The summed E-state index contributed by atoms with van der Waals surface area (Å²) in [5.74, 6) is 0.115. The van der Waals surface area contributed by atoms with Gasteiger partial charge >= 0.3 is 0 Å². The summed E-state index contributed by atoms with van der Waals surface area (Å²) in [6.07, 6.45) is 6.36. The van der Waals surface area contributed by atoms with Gasteiger partial charge in [-0.2, -0.15) is 0 Å². The predicted octanol–water partition coefficient (Wildman–Crippen LogP) is 2.39. The maximum atomic E-state index is 13.1. The third-order valence-corrected chi connectivity index (χ3v) is 6.01. The smallest absolute Gasteiger partial charge is 0.290 e. The van der Waals surface area contributed by atoms with Gasteiger partial charge in [-0.1, -0.05) is 30.3 Å². The number of rotatable bonds is 5. The van der Waals surface area contributed by atoms with Crippen molar-refractivity contribution in [3.63, 3.8) is 0 Å². The minimum atomic E-state index is -0.250. The number of hydrogen-bond acceptors (Lipinski definition) is 6. The lowest BCUT2D eigenvalue weighted by atomic mass is 9.71. The van der Waals surface area contributed by atoms with E-state index in [0.29, 0.717) is 0 Å². The Morgan fingerprint density at radius 3 is 2.39 bits per heavy atom. The first-order valence-electron chi connectivity index (χ1n) is 10.8. The van der Waals surface area contributed by atoms with Gasteiger partial charge in [-0.05, 0) is 37.0 Å². The van der Waals surface area contributed by atoms with E-state index < -0.39 is 0 Å². The maximum Gasteiger partial charge on any atom is 0.290 e. The van der Waals surface area contributed by atoms with Crippen LogP contribution in [0.15, 0.2) is 54.9 Å². The van der Waals surface area contributed by atoms with Gasteiger partial charge in [-0.15, -0.1) is 0 Å². The van der Waals surface area contributed by atoms with Gasteiger partial charge in [-0.25, -0.2) is 0 Å². The fraction of sp³-hybridized carbons (Fsp3) is 0.417. The Bertz CT molecular complexity index is 838. The van der Waals surface area contributed by atoms with E-state index in [9.17, 15) is 4.79 Å². The van der Waals surface area contributed by atoms with Crippen LogP contribution in [0.5, 0.6) is 0 Å². The number of pyridine rings is 1. The molecule has 9 nitrogen and oxygen atoms in total. The Morgan fingerprint density at radius 2 is 1.79 bits per heavy atom. The third kappa shape index (κ3) is 7.96. The second-order valence-electron chi connectivity index (χ2n) is 7.94. The number of carboxylic acid groups (broad SMARTS) is 2. The van der Waals surface area contributed by atoms with Gasteiger partial charge in [0.05, 0.1) is 17.8 Å². The van der Waals surface area contributed by atoms with Crippen molar-refractivity contribution >= 4 is 24.5 Å². The van der Waals surface area contributed by atoms with Crippen molar-refractivity contribution < 1.29 is 29.3 Å². The quantitative estimate of drug-likeness (QED) is 0.584. The van der Waals surface area contributed by atoms with Crippen molar-refractivity contribution in [2.24, 2.45) is 11.3 Å². The average molecular weight is 458 g/mol. The molecule has 0 bridgehead atoms. The normalized spacial score (nSPS) is 18.7. The Balaban J connectivity index is 0.000000582. The van der Waals surface area contributed by atoms with E-state index in [2.05, 4.69) is 45.5 Å². The van der Waals surface area contributed by atoms with E-state index in [1.54, 1.807) is 12.4 Å². The van der Waals surface area contributed by atoms with Gasteiger partial charge < -0.3 is 25.2 Å². The Kier molecular flexibility index (Phi) is 11.0. The molecule has 2 aliphatic rings. The van der Waals surface area contributed by atoms with Crippen LogP contribution in [0.2, 0.25) is 0 Å². The van der Waals surface area contributed by atoms with Crippen LogP contribution in [-0.4, -0.2) is 71.8 Å². The summed E-state index contributed by atoms with van der Waals surface area (Å²) in [6.45, 7) is 3.79. The van der Waals surface area contributed by atoms with Crippen LogP contribution < -0.4 is 5.32 Å². The van der Waals surface area contributed by atoms with Gasteiger partial charge in [0.1, 0.15) is 0 Å². The number of hydrogen-bond donors (Lipinski definition) is 3. The monoisotopic (exact) mass is 457 g/mol. The number of amides is 1. The van der Waals surface area contributed by atoms with Gasteiger partial charge in [0.2, 0.25) is 5.91 Å². The molecule has 1 unspecified atom stereocenters. The van der Waals surface area contributed by atoms with Crippen LogP contribution in [-0.2, 0) is 25.5 Å². The summed E-state index contributed by atoms with van der Waals surface area (Å²) >= 11 is 0. The lowest BCUT2D eigenvalue weighted by molar-refractivity contribution is -0.125. The van der Waals surface area contributed by atoms with E-state index in [4.69, 9.17) is 24.5 Å². The molecule has 0 saturated carbocycles. The highest BCUT2D eigenvalue weighted by molar-refractivity contribution is 5.93. The van der Waals surface area contributed by atoms with Crippen molar-refractivity contribution in [1.29, 1.82) is 0 Å². The zero-order valence-electron chi connectivity index (χ0n) is 18.5. The second kappa shape index (κ2) is 14.0. The van der Waals surface area contributed by atoms with Crippen molar-refractivity contribution in [3.8, 4) is 0 Å². The van der Waals surface area contributed by atoms with Crippen molar-refractivity contribution in [2.45, 2.75) is 19.3 Å². The molecule has 1 atom stereocenters. The van der Waals surface area contributed by atoms with E-state index in [1.165, 1.54) is 5.56 Å². The number of benzene rings is 1. The predicted molar refractivity (Wildman–Crippen MR) is 123 cm³/mol. The van der Waals surface area contributed by atoms with Gasteiger partial charge in [-0.3, -0.25) is 19.4 Å². The topological polar surface area (TPSA) is 129 Å². The van der Waals surface area contributed by atoms with E-state index in [-0.39, 0.29) is 30.2 Å². The summed E-state index contributed by atoms with van der Waals surface area (Å²) < 4.78 is 5.61. The fourth-order valence-electron chi connectivity index (χ4n) is 4.49. The number of aromatic nitrogens is 1. The lowest BCUT2D eigenvalue weighted by Crippen LogP contribution is -2.42. The van der Waals surface area contributed by atoms with Crippen LogP contribution in [0.25, 0.3) is 0 Å². The number of likely N-dealkylation sites (tertiary alicyclic amines) is 1. The molecule has 0 radical (unpaired) electrons. The first-order chi connectivity index (χ1) is 16.1. The minimum Gasteiger partial charge on any atom is -0.483 e. The second-order valence-corrected chi connectivity index (χ2v) is 7.94. The Morgan fingerprint density at radius 1 is 1.12 bits per heavy atom. The molecule has 2 fully saturated rings. The highest BCUT2D eigenvalue weighted by Gasteiger charge is 2.50. The summed E-state index contributed by atoms with van der Waals surface area (Å²) in [6, 6.07) is 14.3. The Labute approximate surface area is 193 Å². The molecule has 1 spiro atoms. The molecule has 2 saturated heterocycles. The highest BCUT2D eigenvalue weighted by atomic mass is 16.5. The first-order valence-corrected chi connectivity index (χ1v) is 10.8. The van der Waals surface area contributed by atoms with Crippen LogP contribution in [0.3, 0.4) is 0 Å². The van der Waals surface area contributed by atoms with Crippen LogP contribution in [0, 0.1) is 11.3 Å². The van der Waals surface area contributed by atoms with Crippen molar-refractivity contribution in [3.05, 3.63) is 60.4 Å². The Hall–Kier alpha value is -3.30. The van der Waals surface area contributed by atoms with Crippen LogP contribution >= 0.6 is 0 Å². The van der Waals surface area contributed by atoms with Crippen LogP contribution in [0.1, 0.15) is 18.4 Å². The molecule has 178 valence electrons. The number of nitrogens with zero attached hydrogens (tertiary/aromatic N) is 2. The molecule has 2 aromatic rings. The molecule has 0 aliphatic carbocycles. The average Bonchev–Trinajstić information content (AvgIpc) is 3.18. The minimum absolute atomic E-state index is 0.00243. The standard InChI is InChI=1S/C22H27N3O2.2CH2O2/c26-21(24-19-7-4-11-23-15-19)20-16-25(12-8-18-5-2-1-3-6-18)17-22(20)9-13-27-14-10-22;2*2-1-3/h1-7,11,15,20H,8-10,12-14,16-17H2,(H,24,26);2*1H,(H,2,3). The highest BCUT2D eigenvalue weighted by Crippen LogP contribution is 2.44. The van der Waals surface area contributed by atoms with Crippen molar-refractivity contribution in [1.82, 2.24) is 9.88 Å². The summed E-state index contributed by atoms with van der Waals surface area (Å²) in [4.78, 5) is 36.4. The number of nitrogens with one attached hydrogen (secondary N) is 1. The SMILES string of the molecule is O=C(Nc1cccnc1)C1CN(CCc2ccccc2)CC12CCOCC2.O=CO.O=CO. The largest absolute Gasteiger partial charge is 0.483 e. The van der Waals surface area contributed by atoms with Gasteiger partial charge in [0.25, 0.3) is 12.9 Å². The molecule has 1 aromatic heterocycles. The zero-order chi connectivity index (χ0) is 23.9. The van der Waals surface area contributed by atoms with E-state index in [1.807, 2.05) is 12.1 Å². The molecule has 9 heteroatoms. The number of ether oxygens (including phenoxy) is 1. The number of anilines is 1. The maximum absolute atomic E-state index is 13.1. The number of carbonyl (C=O) groups excluding carboxylic acids is 1. The lowest BCUT2D eigenvalue weighted by Gasteiger charge is -2.37. The van der Waals surface area contributed by atoms with Gasteiger partial charge in [0.15, 0.2) is 0 Å². The third-order valence-electron chi connectivity index (χ3n) is 6.01. The molecule has 1 aromatic carbocycles. The summed E-state index contributed by atoms with van der Waals surface area (Å²) in [5, 5.41) is 16.9. The molecule has 1 amide bonds. The van der Waals surface area contributed by atoms with Crippen molar-refractivity contribution in [2.75, 3.05) is 38.2 Å². The molecule has 2 aliphatic heterocycles. The molecule has 3 heterocycles. The molecular formula is C24H31N3O6. The molecule has 3 N–H and O–H groups in total. The first kappa shape index (κ1) is 26.0. The fourth-order valence-corrected chi connectivity index (χ4v) is 4.49. The van der Waals surface area contributed by atoms with Crippen LogP contribution in [0.4, 0.5) is 5.69 Å². The zero-order valence-corrected chi connectivity index (χ0v) is 18.5. The number of carbonyl (C=O) groups is 3. The summed E-state index contributed by atoms with van der Waals surface area (Å²) in [7, 11) is 0. The molecular weight excluding hydrogens is 426 g/mol. The van der Waals surface area contributed by atoms with E-state index in [0.717, 1.165) is 57.8 Å². The van der Waals surface area contributed by atoms with Gasteiger partial charge in [0, 0.05) is 44.5 Å². The summed E-state index contributed by atoms with van der Waals surface area (Å²) in [5.41, 5.74) is 2.15. The molecule has 33 heavy (non-hydrogen) atoms.